The van der Waals surface area contributed by atoms with Crippen molar-refractivity contribution in [1.82, 2.24) is 5.32 Å². The van der Waals surface area contributed by atoms with Crippen LogP contribution in [0.25, 0.3) is 0 Å². The minimum absolute atomic E-state index is 0.192. The number of rotatable bonds is 7. The van der Waals surface area contributed by atoms with Crippen LogP contribution in [0.15, 0.2) is 18.2 Å². The molecular formula is C14H20N2O3S. The van der Waals surface area contributed by atoms with Crippen molar-refractivity contribution in [2.75, 3.05) is 20.3 Å². The van der Waals surface area contributed by atoms with E-state index in [1.165, 1.54) is 0 Å². The molecule has 0 radical (unpaired) electrons. The van der Waals surface area contributed by atoms with E-state index in [-0.39, 0.29) is 5.91 Å². The first kappa shape index (κ1) is 16.4. The Morgan fingerprint density at radius 3 is 2.80 bits per heavy atom. The molecular weight excluding hydrogens is 276 g/mol. The molecule has 1 aromatic carbocycles. The molecule has 6 heteroatoms. The summed E-state index contributed by atoms with van der Waals surface area (Å²) in [4.78, 5) is 12.1. The number of nitrogens with one attached hydrogen (secondary N) is 1. The summed E-state index contributed by atoms with van der Waals surface area (Å²) < 4.78 is 10.5. The third-order valence-electron chi connectivity index (χ3n) is 2.75. The normalized spacial score (nSPS) is 11.8. The molecule has 1 atom stereocenters. The molecule has 0 aliphatic rings. The van der Waals surface area contributed by atoms with Crippen LogP contribution in [0.2, 0.25) is 0 Å². The molecule has 20 heavy (non-hydrogen) atoms. The fraction of sp³-hybridized carbons (Fsp3) is 0.429. The molecule has 5 nitrogen and oxygen atoms in total. The van der Waals surface area contributed by atoms with Gasteiger partial charge in [-0.25, -0.2) is 0 Å². The first-order valence-corrected chi connectivity index (χ1v) is 6.70. The SMILES string of the molecule is COCCNC(=O)C(C)Oc1cc(C(N)=S)ccc1C. The van der Waals surface area contributed by atoms with Gasteiger partial charge in [0.05, 0.1) is 6.61 Å². The first-order chi connectivity index (χ1) is 9.45. The van der Waals surface area contributed by atoms with E-state index in [1.54, 1.807) is 20.1 Å². The van der Waals surface area contributed by atoms with Gasteiger partial charge in [0, 0.05) is 19.2 Å². The van der Waals surface area contributed by atoms with Crippen molar-refractivity contribution in [3.05, 3.63) is 29.3 Å². The van der Waals surface area contributed by atoms with Crippen molar-refractivity contribution in [2.45, 2.75) is 20.0 Å². The Morgan fingerprint density at radius 2 is 2.20 bits per heavy atom. The number of carbonyl (C=O) groups is 1. The van der Waals surface area contributed by atoms with E-state index in [1.807, 2.05) is 19.1 Å². The maximum Gasteiger partial charge on any atom is 0.260 e. The minimum atomic E-state index is -0.604. The summed E-state index contributed by atoms with van der Waals surface area (Å²) in [5.41, 5.74) is 7.22. The van der Waals surface area contributed by atoms with Crippen LogP contribution in [0.5, 0.6) is 5.75 Å². The summed E-state index contributed by atoms with van der Waals surface area (Å²) in [5.74, 6) is 0.409. The first-order valence-electron chi connectivity index (χ1n) is 6.29. The molecule has 0 aliphatic carbocycles. The molecule has 3 N–H and O–H groups in total. The van der Waals surface area contributed by atoms with Gasteiger partial charge in [-0.3, -0.25) is 4.79 Å². The quantitative estimate of drug-likeness (QED) is 0.583. The number of aryl methyl sites for hydroxylation is 1. The van der Waals surface area contributed by atoms with Crippen molar-refractivity contribution < 1.29 is 14.3 Å². The van der Waals surface area contributed by atoms with Crippen LogP contribution < -0.4 is 15.8 Å². The van der Waals surface area contributed by atoms with Crippen LogP contribution in [0, 0.1) is 6.92 Å². The summed E-state index contributed by atoms with van der Waals surface area (Å²) in [6.45, 7) is 4.51. The van der Waals surface area contributed by atoms with Gasteiger partial charge >= 0.3 is 0 Å². The number of thiocarbonyl (C=S) groups is 1. The van der Waals surface area contributed by atoms with Gasteiger partial charge in [-0.05, 0) is 25.5 Å². The largest absolute Gasteiger partial charge is 0.481 e. The highest BCUT2D eigenvalue weighted by Gasteiger charge is 2.15. The fourth-order valence-electron chi connectivity index (χ4n) is 1.54. The summed E-state index contributed by atoms with van der Waals surface area (Å²) in [6, 6.07) is 5.43. The van der Waals surface area contributed by atoms with E-state index >= 15 is 0 Å². The van der Waals surface area contributed by atoms with Gasteiger partial charge in [0.1, 0.15) is 10.7 Å². The summed E-state index contributed by atoms with van der Waals surface area (Å²) in [7, 11) is 1.58. The lowest BCUT2D eigenvalue weighted by molar-refractivity contribution is -0.127. The Morgan fingerprint density at radius 1 is 1.50 bits per heavy atom. The van der Waals surface area contributed by atoms with Gasteiger partial charge in [-0.2, -0.15) is 0 Å². The maximum absolute atomic E-state index is 11.8. The van der Waals surface area contributed by atoms with Crippen LogP contribution in [0.4, 0.5) is 0 Å². The number of benzene rings is 1. The van der Waals surface area contributed by atoms with Crippen molar-refractivity contribution in [3.63, 3.8) is 0 Å². The molecule has 1 aromatic rings. The van der Waals surface area contributed by atoms with Gasteiger partial charge in [-0.1, -0.05) is 24.4 Å². The van der Waals surface area contributed by atoms with E-state index < -0.39 is 6.10 Å². The van der Waals surface area contributed by atoms with Crippen LogP contribution >= 0.6 is 12.2 Å². The number of nitrogens with two attached hydrogens (primary N) is 1. The van der Waals surface area contributed by atoms with Crippen molar-refractivity contribution in [3.8, 4) is 5.75 Å². The molecule has 1 unspecified atom stereocenters. The van der Waals surface area contributed by atoms with Crippen molar-refractivity contribution in [2.24, 2.45) is 5.73 Å². The molecule has 0 aliphatic heterocycles. The van der Waals surface area contributed by atoms with Gasteiger partial charge in [-0.15, -0.1) is 0 Å². The molecule has 0 fully saturated rings. The lowest BCUT2D eigenvalue weighted by atomic mass is 10.1. The lowest BCUT2D eigenvalue weighted by Crippen LogP contribution is -2.38. The molecule has 0 heterocycles. The average molecular weight is 296 g/mol. The van der Waals surface area contributed by atoms with Crippen LogP contribution in [-0.4, -0.2) is 37.3 Å². The number of carbonyl (C=O) groups excluding carboxylic acids is 1. The fourth-order valence-corrected chi connectivity index (χ4v) is 1.67. The molecule has 0 aromatic heterocycles. The highest BCUT2D eigenvalue weighted by Crippen LogP contribution is 2.21. The zero-order valence-electron chi connectivity index (χ0n) is 11.9. The Kier molecular flexibility index (Phi) is 6.41. The Hall–Kier alpha value is -1.66. The van der Waals surface area contributed by atoms with E-state index in [4.69, 9.17) is 27.4 Å². The highest BCUT2D eigenvalue weighted by atomic mass is 32.1. The van der Waals surface area contributed by atoms with E-state index in [0.717, 1.165) is 5.56 Å². The van der Waals surface area contributed by atoms with Crippen molar-refractivity contribution >= 4 is 23.1 Å². The number of ether oxygens (including phenoxy) is 2. The molecule has 110 valence electrons. The van der Waals surface area contributed by atoms with Gasteiger partial charge in [0.15, 0.2) is 6.10 Å². The van der Waals surface area contributed by atoms with Gasteiger partial charge < -0.3 is 20.5 Å². The Balaban J connectivity index is 2.69. The maximum atomic E-state index is 11.8. The predicted octanol–water partition coefficient (Wildman–Crippen LogP) is 1.16. The van der Waals surface area contributed by atoms with Gasteiger partial charge in [0.2, 0.25) is 0 Å². The number of methoxy groups -OCH3 is 1. The third kappa shape index (κ3) is 4.79. The lowest BCUT2D eigenvalue weighted by Gasteiger charge is -2.17. The van der Waals surface area contributed by atoms with Crippen LogP contribution in [0.1, 0.15) is 18.1 Å². The summed E-state index contributed by atoms with van der Waals surface area (Å²) in [5, 5.41) is 2.72. The third-order valence-corrected chi connectivity index (χ3v) is 2.99. The highest BCUT2D eigenvalue weighted by molar-refractivity contribution is 7.80. The monoisotopic (exact) mass is 296 g/mol. The number of hydrogen-bond donors (Lipinski definition) is 2. The molecule has 0 spiro atoms. The van der Waals surface area contributed by atoms with E-state index in [0.29, 0.717) is 29.5 Å². The summed E-state index contributed by atoms with van der Waals surface area (Å²) >= 11 is 4.93. The minimum Gasteiger partial charge on any atom is -0.481 e. The Labute approximate surface area is 124 Å². The van der Waals surface area contributed by atoms with Crippen molar-refractivity contribution in [1.29, 1.82) is 0 Å². The predicted molar refractivity (Wildman–Crippen MR) is 82.0 cm³/mol. The second-order valence-corrected chi connectivity index (χ2v) is 4.83. The standard InChI is InChI=1S/C14H20N2O3S/c1-9-4-5-11(13(15)20)8-12(9)19-10(2)14(17)16-6-7-18-3/h4-5,8,10H,6-7H2,1-3H3,(H2,15,20)(H,16,17). The summed E-state index contributed by atoms with van der Waals surface area (Å²) in [6.07, 6.45) is -0.604. The topological polar surface area (TPSA) is 73.6 Å². The second-order valence-electron chi connectivity index (χ2n) is 4.39. The van der Waals surface area contributed by atoms with E-state index in [9.17, 15) is 4.79 Å². The Bertz CT molecular complexity index is 491. The second kappa shape index (κ2) is 7.81. The zero-order chi connectivity index (χ0) is 15.1. The molecule has 0 bridgehead atoms. The van der Waals surface area contributed by atoms with Crippen LogP contribution in [-0.2, 0) is 9.53 Å². The zero-order valence-corrected chi connectivity index (χ0v) is 12.8. The molecule has 0 saturated carbocycles. The van der Waals surface area contributed by atoms with Gasteiger partial charge in [0.25, 0.3) is 5.91 Å². The average Bonchev–Trinajstić information content (AvgIpc) is 2.41. The molecule has 1 rings (SSSR count). The number of amides is 1. The van der Waals surface area contributed by atoms with E-state index in [2.05, 4.69) is 5.32 Å². The van der Waals surface area contributed by atoms with Crippen LogP contribution in [0.3, 0.4) is 0 Å². The molecule has 0 saturated heterocycles. The molecule has 1 amide bonds. The number of hydrogen-bond acceptors (Lipinski definition) is 4. The smallest absolute Gasteiger partial charge is 0.260 e.